The van der Waals surface area contributed by atoms with Crippen LogP contribution in [0.1, 0.15) is 37.9 Å². The van der Waals surface area contributed by atoms with Gasteiger partial charge in [0, 0.05) is 24.2 Å². The van der Waals surface area contributed by atoms with E-state index < -0.39 is 0 Å². The second-order valence-corrected chi connectivity index (χ2v) is 6.29. The molecular weight excluding hydrogens is 318 g/mol. The van der Waals surface area contributed by atoms with Crippen LogP contribution in [0.3, 0.4) is 0 Å². The molecule has 1 fully saturated rings. The number of benzene rings is 1. The molecule has 0 aromatic heterocycles. The highest BCUT2D eigenvalue weighted by Crippen LogP contribution is 2.21. The van der Waals surface area contributed by atoms with Crippen molar-refractivity contribution in [1.29, 1.82) is 0 Å². The first-order valence-electron chi connectivity index (χ1n) is 7.46. The monoisotopic (exact) mass is 341 g/mol. The van der Waals surface area contributed by atoms with Crippen LogP contribution in [0.15, 0.2) is 28.7 Å². The fourth-order valence-electron chi connectivity index (χ4n) is 2.74. The van der Waals surface area contributed by atoms with Gasteiger partial charge in [0.05, 0.1) is 12.2 Å². The summed E-state index contributed by atoms with van der Waals surface area (Å²) < 4.78 is 6.75. The second-order valence-electron chi connectivity index (χ2n) is 5.38. The Balaban J connectivity index is 1.78. The van der Waals surface area contributed by atoms with Crippen LogP contribution < -0.4 is 0 Å². The summed E-state index contributed by atoms with van der Waals surface area (Å²) in [6.07, 6.45) is 3.13. The summed E-state index contributed by atoms with van der Waals surface area (Å²) in [5, 5.41) is 10.2. The number of rotatable bonds is 6. The van der Waals surface area contributed by atoms with E-state index in [-0.39, 0.29) is 6.10 Å². The summed E-state index contributed by atoms with van der Waals surface area (Å²) >= 11 is 3.41. The molecule has 0 radical (unpaired) electrons. The molecule has 20 heavy (non-hydrogen) atoms. The Kier molecular flexibility index (Phi) is 6.49. The van der Waals surface area contributed by atoms with Crippen LogP contribution in [0.2, 0.25) is 0 Å². The summed E-state index contributed by atoms with van der Waals surface area (Å²) in [5.74, 6) is 0. The molecule has 0 bridgehead atoms. The van der Waals surface area contributed by atoms with Gasteiger partial charge in [-0.1, -0.05) is 28.1 Å². The van der Waals surface area contributed by atoms with E-state index in [1.807, 2.05) is 24.3 Å². The molecule has 4 heteroatoms. The normalized spacial score (nSPS) is 21.9. The van der Waals surface area contributed by atoms with E-state index in [9.17, 15) is 5.11 Å². The molecule has 0 saturated carbocycles. The zero-order valence-corrected chi connectivity index (χ0v) is 13.7. The Bertz CT molecular complexity index is 394. The van der Waals surface area contributed by atoms with Gasteiger partial charge < -0.3 is 14.7 Å². The summed E-state index contributed by atoms with van der Waals surface area (Å²) in [5.41, 5.74) is 0.992. The van der Waals surface area contributed by atoms with E-state index in [0.29, 0.717) is 6.10 Å². The van der Waals surface area contributed by atoms with Gasteiger partial charge >= 0.3 is 0 Å². The van der Waals surface area contributed by atoms with Crippen molar-refractivity contribution >= 4 is 15.9 Å². The summed E-state index contributed by atoms with van der Waals surface area (Å²) in [6, 6.07) is 7.91. The third-order valence-electron chi connectivity index (χ3n) is 3.84. The van der Waals surface area contributed by atoms with Crippen molar-refractivity contribution in [2.24, 2.45) is 0 Å². The van der Waals surface area contributed by atoms with Gasteiger partial charge in [-0.2, -0.15) is 0 Å². The molecule has 2 atom stereocenters. The number of aliphatic hydroxyl groups excluding tert-OH is 1. The number of aliphatic hydroxyl groups is 1. The number of nitrogens with zero attached hydrogens (tertiary/aromatic N) is 1. The zero-order chi connectivity index (χ0) is 14.4. The lowest BCUT2D eigenvalue weighted by Gasteiger charge is -2.32. The minimum Gasteiger partial charge on any atom is -0.388 e. The molecule has 3 nitrogen and oxygen atoms in total. The molecule has 1 aliphatic rings. The minimum atomic E-state index is -0.379. The van der Waals surface area contributed by atoms with Crippen molar-refractivity contribution in [3.8, 4) is 0 Å². The van der Waals surface area contributed by atoms with Crippen molar-refractivity contribution in [1.82, 2.24) is 4.90 Å². The van der Waals surface area contributed by atoms with Gasteiger partial charge in [-0.25, -0.2) is 0 Å². The third kappa shape index (κ3) is 4.85. The van der Waals surface area contributed by atoms with Crippen LogP contribution >= 0.6 is 15.9 Å². The van der Waals surface area contributed by atoms with E-state index in [4.69, 9.17) is 4.74 Å². The molecule has 112 valence electrons. The molecule has 0 spiro atoms. The molecule has 1 saturated heterocycles. The molecule has 1 aliphatic heterocycles. The maximum absolute atomic E-state index is 10.2. The maximum atomic E-state index is 10.2. The van der Waals surface area contributed by atoms with Crippen molar-refractivity contribution < 1.29 is 9.84 Å². The van der Waals surface area contributed by atoms with Crippen molar-refractivity contribution in [2.45, 2.75) is 38.4 Å². The predicted molar refractivity (Wildman–Crippen MR) is 84.8 cm³/mol. The zero-order valence-electron chi connectivity index (χ0n) is 12.1. The van der Waals surface area contributed by atoms with Crippen LogP contribution in [0.4, 0.5) is 0 Å². The van der Waals surface area contributed by atoms with Crippen LogP contribution in [-0.2, 0) is 4.74 Å². The number of piperidine rings is 1. The summed E-state index contributed by atoms with van der Waals surface area (Å²) in [4.78, 5) is 2.41. The fraction of sp³-hybridized carbons (Fsp3) is 0.625. The van der Waals surface area contributed by atoms with Gasteiger partial charge in [-0.15, -0.1) is 0 Å². The number of halogens is 1. The minimum absolute atomic E-state index is 0.374. The molecule has 1 heterocycles. The molecular formula is C16H24BrNO2. The lowest BCUT2D eigenvalue weighted by atomic mass is 10.0. The Labute approximate surface area is 130 Å². The first-order valence-corrected chi connectivity index (χ1v) is 8.26. The molecule has 1 aromatic rings. The SMILES string of the molecule is CCOC1CCCN(CCC(O)c2ccc(Br)cc2)C1. The highest BCUT2D eigenvalue weighted by atomic mass is 79.9. The first-order chi connectivity index (χ1) is 9.69. The largest absolute Gasteiger partial charge is 0.388 e. The van der Waals surface area contributed by atoms with Gasteiger partial charge in [-0.05, 0) is 50.4 Å². The standard InChI is InChI=1S/C16H24BrNO2/c1-2-20-15-4-3-10-18(12-15)11-9-16(19)13-5-7-14(17)8-6-13/h5-8,15-16,19H,2-4,9-12H2,1H3. The lowest BCUT2D eigenvalue weighted by molar-refractivity contribution is 0.00212. The van der Waals surface area contributed by atoms with Crippen LogP contribution in [0.5, 0.6) is 0 Å². The topological polar surface area (TPSA) is 32.7 Å². The third-order valence-corrected chi connectivity index (χ3v) is 4.37. The predicted octanol–water partition coefficient (Wildman–Crippen LogP) is 3.37. The number of hydrogen-bond donors (Lipinski definition) is 1. The summed E-state index contributed by atoms with van der Waals surface area (Å²) in [6.45, 7) is 5.90. The number of ether oxygens (including phenoxy) is 1. The van der Waals surface area contributed by atoms with Gasteiger partial charge in [-0.3, -0.25) is 0 Å². The molecule has 2 unspecified atom stereocenters. The van der Waals surface area contributed by atoms with Gasteiger partial charge in [0.15, 0.2) is 0 Å². The van der Waals surface area contributed by atoms with Crippen LogP contribution in [0.25, 0.3) is 0 Å². The first kappa shape index (κ1) is 16.0. The smallest absolute Gasteiger partial charge is 0.0802 e. The Hall–Kier alpha value is -0.420. The average Bonchev–Trinajstić information content (AvgIpc) is 2.46. The Morgan fingerprint density at radius 2 is 2.15 bits per heavy atom. The Morgan fingerprint density at radius 1 is 1.40 bits per heavy atom. The van der Waals surface area contributed by atoms with Gasteiger partial charge in [0.1, 0.15) is 0 Å². The molecule has 1 aromatic carbocycles. The molecule has 0 aliphatic carbocycles. The highest BCUT2D eigenvalue weighted by Gasteiger charge is 2.20. The lowest BCUT2D eigenvalue weighted by Crippen LogP contribution is -2.40. The van der Waals surface area contributed by atoms with E-state index in [1.54, 1.807) is 0 Å². The molecule has 1 N–H and O–H groups in total. The quantitative estimate of drug-likeness (QED) is 0.860. The highest BCUT2D eigenvalue weighted by molar-refractivity contribution is 9.10. The summed E-state index contributed by atoms with van der Waals surface area (Å²) in [7, 11) is 0. The van der Waals surface area contributed by atoms with Crippen LogP contribution in [-0.4, -0.2) is 42.4 Å². The van der Waals surface area contributed by atoms with Crippen molar-refractivity contribution in [3.05, 3.63) is 34.3 Å². The molecule has 0 amide bonds. The Morgan fingerprint density at radius 3 is 2.85 bits per heavy atom. The fourth-order valence-corrected chi connectivity index (χ4v) is 3.01. The molecule has 2 rings (SSSR count). The van der Waals surface area contributed by atoms with Crippen molar-refractivity contribution in [2.75, 3.05) is 26.2 Å². The average molecular weight is 342 g/mol. The second kappa shape index (κ2) is 8.13. The van der Waals surface area contributed by atoms with Gasteiger partial charge in [0.25, 0.3) is 0 Å². The number of hydrogen-bond acceptors (Lipinski definition) is 3. The van der Waals surface area contributed by atoms with Crippen LogP contribution in [0, 0.1) is 0 Å². The van der Waals surface area contributed by atoms with E-state index in [0.717, 1.165) is 42.7 Å². The number of likely N-dealkylation sites (tertiary alicyclic amines) is 1. The van der Waals surface area contributed by atoms with E-state index in [2.05, 4.69) is 27.8 Å². The van der Waals surface area contributed by atoms with Crippen molar-refractivity contribution in [3.63, 3.8) is 0 Å². The van der Waals surface area contributed by atoms with E-state index >= 15 is 0 Å². The van der Waals surface area contributed by atoms with Gasteiger partial charge in [0.2, 0.25) is 0 Å². The maximum Gasteiger partial charge on any atom is 0.0802 e. The van der Waals surface area contributed by atoms with E-state index in [1.165, 1.54) is 12.8 Å².